The molecule has 110 valence electrons. The fourth-order valence-electron chi connectivity index (χ4n) is 2.36. The van der Waals surface area contributed by atoms with Crippen LogP contribution >= 0.6 is 0 Å². The molecule has 0 aromatic carbocycles. The Hall–Kier alpha value is -0.830. The largest absolute Gasteiger partial charge is 0.463 e. The summed E-state index contributed by atoms with van der Waals surface area (Å²) in [5, 5.41) is 0. The first-order valence-corrected chi connectivity index (χ1v) is 7.17. The minimum atomic E-state index is -0.447. The van der Waals surface area contributed by atoms with E-state index in [-0.39, 0.29) is 12.1 Å². The predicted octanol–water partition coefficient (Wildman–Crippen LogP) is 3.87. The first-order valence-electron chi connectivity index (χ1n) is 7.17. The molecular weight excluding hydrogens is 240 g/mol. The van der Waals surface area contributed by atoms with Gasteiger partial charge >= 0.3 is 5.97 Å². The summed E-state index contributed by atoms with van der Waals surface area (Å²) in [6.45, 7) is 12.7. The van der Waals surface area contributed by atoms with Gasteiger partial charge in [0.15, 0.2) is 0 Å². The molecule has 0 spiro atoms. The SMILES string of the molecule is CCC(=O)OCC(C)(C)OC(C)C1=CCC(C)(C)C1. The molecule has 1 atom stereocenters. The molecule has 0 aliphatic heterocycles. The third-order valence-electron chi connectivity index (χ3n) is 3.49. The van der Waals surface area contributed by atoms with Gasteiger partial charge in [-0.3, -0.25) is 4.79 Å². The Kier molecular flexibility index (Phi) is 5.19. The Labute approximate surface area is 117 Å². The molecule has 1 unspecified atom stereocenters. The molecule has 0 saturated carbocycles. The number of rotatable bonds is 6. The third kappa shape index (κ3) is 5.35. The molecule has 0 N–H and O–H groups in total. The molecule has 19 heavy (non-hydrogen) atoms. The van der Waals surface area contributed by atoms with Crippen LogP contribution in [-0.4, -0.2) is 24.3 Å². The Morgan fingerprint density at radius 3 is 2.58 bits per heavy atom. The van der Waals surface area contributed by atoms with E-state index in [1.165, 1.54) is 5.57 Å². The van der Waals surface area contributed by atoms with Gasteiger partial charge in [-0.2, -0.15) is 0 Å². The minimum absolute atomic E-state index is 0.0807. The van der Waals surface area contributed by atoms with Gasteiger partial charge in [0.1, 0.15) is 6.61 Å². The highest BCUT2D eigenvalue weighted by molar-refractivity contribution is 5.68. The fourth-order valence-corrected chi connectivity index (χ4v) is 2.36. The van der Waals surface area contributed by atoms with Crippen LogP contribution in [-0.2, 0) is 14.3 Å². The molecule has 3 nitrogen and oxygen atoms in total. The van der Waals surface area contributed by atoms with Gasteiger partial charge in [-0.1, -0.05) is 26.8 Å². The van der Waals surface area contributed by atoms with Gasteiger partial charge in [0.25, 0.3) is 0 Å². The van der Waals surface area contributed by atoms with Crippen LogP contribution in [0.5, 0.6) is 0 Å². The quantitative estimate of drug-likeness (QED) is 0.542. The molecule has 0 amide bonds. The maximum Gasteiger partial charge on any atom is 0.305 e. The zero-order chi connectivity index (χ0) is 14.7. The average molecular weight is 268 g/mol. The molecule has 1 rings (SSSR count). The van der Waals surface area contributed by atoms with E-state index >= 15 is 0 Å². The minimum Gasteiger partial charge on any atom is -0.463 e. The normalized spacial score (nSPS) is 20.0. The highest BCUT2D eigenvalue weighted by Gasteiger charge is 2.31. The number of esters is 1. The Balaban J connectivity index is 2.47. The van der Waals surface area contributed by atoms with Gasteiger partial charge in [-0.25, -0.2) is 0 Å². The topological polar surface area (TPSA) is 35.5 Å². The lowest BCUT2D eigenvalue weighted by Crippen LogP contribution is -2.36. The lowest BCUT2D eigenvalue weighted by atomic mass is 9.89. The fraction of sp³-hybridized carbons (Fsp3) is 0.812. The molecule has 3 heteroatoms. The summed E-state index contributed by atoms with van der Waals surface area (Å²) in [5.41, 5.74) is 1.27. The van der Waals surface area contributed by atoms with Crippen LogP contribution in [0.2, 0.25) is 0 Å². The van der Waals surface area contributed by atoms with Crippen LogP contribution in [0.25, 0.3) is 0 Å². The first kappa shape index (κ1) is 16.2. The van der Waals surface area contributed by atoms with Crippen molar-refractivity contribution >= 4 is 5.97 Å². The van der Waals surface area contributed by atoms with Gasteiger partial charge in [0.2, 0.25) is 0 Å². The third-order valence-corrected chi connectivity index (χ3v) is 3.49. The molecule has 0 radical (unpaired) electrons. The van der Waals surface area contributed by atoms with Gasteiger partial charge in [0, 0.05) is 6.42 Å². The van der Waals surface area contributed by atoms with Crippen molar-refractivity contribution in [3.05, 3.63) is 11.6 Å². The van der Waals surface area contributed by atoms with Crippen LogP contribution < -0.4 is 0 Å². The van der Waals surface area contributed by atoms with E-state index in [1.807, 2.05) is 13.8 Å². The number of hydrogen-bond donors (Lipinski definition) is 0. The van der Waals surface area contributed by atoms with E-state index < -0.39 is 5.60 Å². The lowest BCUT2D eigenvalue weighted by molar-refractivity contribution is -0.155. The Morgan fingerprint density at radius 2 is 2.11 bits per heavy atom. The molecular formula is C16H28O3. The zero-order valence-electron chi connectivity index (χ0n) is 13.2. The summed E-state index contributed by atoms with van der Waals surface area (Å²) in [7, 11) is 0. The average Bonchev–Trinajstić information content (AvgIpc) is 2.66. The van der Waals surface area contributed by atoms with Crippen LogP contribution in [0.4, 0.5) is 0 Å². The van der Waals surface area contributed by atoms with Crippen LogP contribution in [0, 0.1) is 5.41 Å². The molecule has 0 bridgehead atoms. The second kappa shape index (κ2) is 6.08. The van der Waals surface area contributed by atoms with Crippen molar-refractivity contribution in [3.8, 4) is 0 Å². The van der Waals surface area contributed by atoms with Crippen LogP contribution in [0.15, 0.2) is 11.6 Å². The van der Waals surface area contributed by atoms with Crippen LogP contribution in [0.3, 0.4) is 0 Å². The molecule has 0 aromatic rings. The first-order chi connectivity index (χ1) is 8.65. The molecule has 0 saturated heterocycles. The molecule has 0 fully saturated rings. The number of hydrogen-bond acceptors (Lipinski definition) is 3. The highest BCUT2D eigenvalue weighted by atomic mass is 16.6. The maximum atomic E-state index is 11.2. The van der Waals surface area contributed by atoms with Crippen LogP contribution in [0.1, 0.15) is 60.8 Å². The molecule has 1 aliphatic rings. The van der Waals surface area contributed by atoms with E-state index in [0.717, 1.165) is 12.8 Å². The van der Waals surface area contributed by atoms with Crippen molar-refractivity contribution in [3.63, 3.8) is 0 Å². The van der Waals surface area contributed by atoms with Gasteiger partial charge in [0.05, 0.1) is 11.7 Å². The zero-order valence-corrected chi connectivity index (χ0v) is 13.2. The van der Waals surface area contributed by atoms with E-state index in [4.69, 9.17) is 9.47 Å². The van der Waals surface area contributed by atoms with Crippen molar-refractivity contribution in [2.45, 2.75) is 72.5 Å². The number of carbonyl (C=O) groups excluding carboxylic acids is 1. The van der Waals surface area contributed by atoms with Crippen molar-refractivity contribution in [1.82, 2.24) is 0 Å². The van der Waals surface area contributed by atoms with E-state index in [0.29, 0.717) is 18.4 Å². The van der Waals surface area contributed by atoms with E-state index in [9.17, 15) is 4.79 Å². The van der Waals surface area contributed by atoms with E-state index in [1.54, 1.807) is 6.92 Å². The second-order valence-electron chi connectivity index (χ2n) is 6.86. The van der Waals surface area contributed by atoms with Gasteiger partial charge in [-0.15, -0.1) is 0 Å². The summed E-state index contributed by atoms with van der Waals surface area (Å²) in [6, 6.07) is 0. The number of ether oxygens (including phenoxy) is 2. The number of carbonyl (C=O) groups is 1. The Bertz CT molecular complexity index is 353. The van der Waals surface area contributed by atoms with Gasteiger partial charge < -0.3 is 9.47 Å². The molecule has 1 aliphatic carbocycles. The van der Waals surface area contributed by atoms with Crippen molar-refractivity contribution < 1.29 is 14.3 Å². The summed E-state index contributed by atoms with van der Waals surface area (Å²) in [5.74, 6) is -0.175. The predicted molar refractivity (Wildman–Crippen MR) is 77.0 cm³/mol. The summed E-state index contributed by atoms with van der Waals surface area (Å²) in [4.78, 5) is 11.2. The Morgan fingerprint density at radius 1 is 1.47 bits per heavy atom. The second-order valence-corrected chi connectivity index (χ2v) is 6.86. The number of allylic oxidation sites excluding steroid dienone is 1. The highest BCUT2D eigenvalue weighted by Crippen LogP contribution is 2.38. The standard InChI is InChI=1S/C16H28O3/c1-7-14(17)18-11-16(5,6)19-12(2)13-8-9-15(3,4)10-13/h8,12H,7,9-11H2,1-6H3. The monoisotopic (exact) mass is 268 g/mol. The molecule has 0 aromatic heterocycles. The van der Waals surface area contributed by atoms with Gasteiger partial charge in [-0.05, 0) is 44.6 Å². The summed E-state index contributed by atoms with van der Waals surface area (Å²) in [6.07, 6.45) is 4.97. The van der Waals surface area contributed by atoms with Crippen molar-refractivity contribution in [2.75, 3.05) is 6.61 Å². The summed E-state index contributed by atoms with van der Waals surface area (Å²) >= 11 is 0. The molecule has 0 heterocycles. The van der Waals surface area contributed by atoms with Crippen molar-refractivity contribution in [2.24, 2.45) is 5.41 Å². The summed E-state index contributed by atoms with van der Waals surface area (Å²) < 4.78 is 11.2. The van der Waals surface area contributed by atoms with E-state index in [2.05, 4.69) is 26.8 Å². The van der Waals surface area contributed by atoms with Crippen molar-refractivity contribution in [1.29, 1.82) is 0 Å². The smallest absolute Gasteiger partial charge is 0.305 e. The maximum absolute atomic E-state index is 11.2. The lowest BCUT2D eigenvalue weighted by Gasteiger charge is -2.30.